The lowest BCUT2D eigenvalue weighted by atomic mass is 9.72. The lowest BCUT2D eigenvalue weighted by Crippen LogP contribution is -2.24. The summed E-state index contributed by atoms with van der Waals surface area (Å²) in [5.74, 6) is 2.27. The molecule has 23 heavy (non-hydrogen) atoms. The Morgan fingerprint density at radius 2 is 1.74 bits per heavy atom. The van der Waals surface area contributed by atoms with E-state index in [9.17, 15) is 5.11 Å². The lowest BCUT2D eigenvalue weighted by Gasteiger charge is -2.33. The van der Waals surface area contributed by atoms with Gasteiger partial charge in [-0.2, -0.15) is 0 Å². The van der Waals surface area contributed by atoms with Gasteiger partial charge in [-0.15, -0.1) is 0 Å². The fourth-order valence-corrected chi connectivity index (χ4v) is 3.57. The monoisotopic (exact) mass is 310 g/mol. The van der Waals surface area contributed by atoms with Crippen LogP contribution in [0.3, 0.4) is 0 Å². The summed E-state index contributed by atoms with van der Waals surface area (Å²) in [4.78, 5) is 0. The van der Waals surface area contributed by atoms with Gasteiger partial charge in [0.2, 0.25) is 0 Å². The normalized spacial score (nSPS) is 20.9. The van der Waals surface area contributed by atoms with Gasteiger partial charge >= 0.3 is 0 Å². The summed E-state index contributed by atoms with van der Waals surface area (Å²) in [6.45, 7) is 8.55. The van der Waals surface area contributed by atoms with Gasteiger partial charge in [-0.25, -0.2) is 0 Å². The van der Waals surface area contributed by atoms with Crippen molar-refractivity contribution in [3.63, 3.8) is 0 Å². The minimum atomic E-state index is -0.174. The molecule has 0 radical (unpaired) electrons. The third-order valence-corrected chi connectivity index (χ3v) is 4.56. The summed E-state index contributed by atoms with van der Waals surface area (Å²) in [5.41, 5.74) is 3.89. The van der Waals surface area contributed by atoms with E-state index in [0.29, 0.717) is 17.6 Å². The minimum Gasteiger partial charge on any atom is -0.508 e. The third-order valence-electron chi connectivity index (χ3n) is 4.56. The second-order valence-electron chi connectivity index (χ2n) is 7.66. The Hall–Kier alpha value is -1.96. The summed E-state index contributed by atoms with van der Waals surface area (Å²) in [6, 6.07) is 14.2. The lowest BCUT2D eigenvalue weighted by molar-refractivity contribution is 0.130. The highest BCUT2D eigenvalue weighted by atomic mass is 16.5. The molecule has 0 fully saturated rings. The molecule has 2 heteroatoms. The molecule has 0 saturated heterocycles. The predicted molar refractivity (Wildman–Crippen MR) is 94.3 cm³/mol. The van der Waals surface area contributed by atoms with Crippen molar-refractivity contribution in [1.29, 1.82) is 0 Å². The first-order valence-corrected chi connectivity index (χ1v) is 8.44. The molecule has 2 nitrogen and oxygen atoms in total. The van der Waals surface area contributed by atoms with Gasteiger partial charge in [0.05, 0.1) is 0 Å². The molecule has 0 aliphatic heterocycles. The van der Waals surface area contributed by atoms with E-state index in [-0.39, 0.29) is 5.60 Å². The maximum atomic E-state index is 9.54. The summed E-state index contributed by atoms with van der Waals surface area (Å²) in [5, 5.41) is 9.54. The van der Waals surface area contributed by atoms with E-state index in [4.69, 9.17) is 4.74 Å². The minimum absolute atomic E-state index is 0.174. The highest BCUT2D eigenvalue weighted by molar-refractivity contribution is 5.45. The number of ether oxygens (including phenoxy) is 1. The van der Waals surface area contributed by atoms with E-state index in [1.165, 1.54) is 23.1 Å². The molecule has 3 rings (SSSR count). The Balaban J connectivity index is 1.97. The number of aromatic hydroxyl groups is 1. The van der Waals surface area contributed by atoms with E-state index in [2.05, 4.69) is 45.9 Å². The molecule has 2 aromatic carbocycles. The van der Waals surface area contributed by atoms with E-state index >= 15 is 0 Å². The first-order valence-electron chi connectivity index (χ1n) is 8.44. The van der Waals surface area contributed by atoms with Crippen molar-refractivity contribution in [2.75, 3.05) is 0 Å². The van der Waals surface area contributed by atoms with Crippen LogP contribution in [-0.2, 0) is 6.42 Å². The fourth-order valence-electron chi connectivity index (χ4n) is 3.57. The molecule has 2 aromatic rings. The van der Waals surface area contributed by atoms with Crippen LogP contribution in [0.15, 0.2) is 42.5 Å². The number of phenolic OH excluding ortho intramolecular Hbond substituents is 1. The Morgan fingerprint density at radius 1 is 1.04 bits per heavy atom. The maximum absolute atomic E-state index is 9.54. The van der Waals surface area contributed by atoms with Crippen LogP contribution in [0.5, 0.6) is 11.5 Å². The molecular formula is C21H26O2. The molecular weight excluding hydrogens is 284 g/mol. The van der Waals surface area contributed by atoms with Crippen LogP contribution in [0.2, 0.25) is 0 Å². The third kappa shape index (κ3) is 3.52. The molecule has 122 valence electrons. The standard InChI is InChI=1S/C21H26O2/c1-14-5-6-16-13-18(23-21(2,3)4)11-12-19(16)20(14)15-7-9-17(22)10-8-15/h7-14,20,22H,5-6H2,1-4H3/t14-,20+/m1/s1. The van der Waals surface area contributed by atoms with Gasteiger partial charge in [-0.1, -0.05) is 25.1 Å². The smallest absolute Gasteiger partial charge is 0.120 e. The van der Waals surface area contributed by atoms with Crippen molar-refractivity contribution in [2.24, 2.45) is 5.92 Å². The van der Waals surface area contributed by atoms with Crippen LogP contribution < -0.4 is 4.74 Å². The average molecular weight is 310 g/mol. The highest BCUT2D eigenvalue weighted by Gasteiger charge is 2.28. The fraction of sp³-hybridized carbons (Fsp3) is 0.429. The van der Waals surface area contributed by atoms with Gasteiger partial charge in [-0.05, 0) is 80.5 Å². The maximum Gasteiger partial charge on any atom is 0.120 e. The average Bonchev–Trinajstić information content (AvgIpc) is 2.47. The number of hydrogen-bond donors (Lipinski definition) is 1. The summed E-state index contributed by atoms with van der Waals surface area (Å²) >= 11 is 0. The summed E-state index contributed by atoms with van der Waals surface area (Å²) in [7, 11) is 0. The molecule has 0 aromatic heterocycles. The van der Waals surface area contributed by atoms with Crippen molar-refractivity contribution >= 4 is 0 Å². The van der Waals surface area contributed by atoms with Crippen molar-refractivity contribution in [1.82, 2.24) is 0 Å². The van der Waals surface area contributed by atoms with Crippen LogP contribution in [0, 0.1) is 5.92 Å². The number of hydrogen-bond acceptors (Lipinski definition) is 2. The number of fused-ring (bicyclic) bond motifs is 1. The molecule has 0 amide bonds. The van der Waals surface area contributed by atoms with Crippen molar-refractivity contribution < 1.29 is 9.84 Å². The van der Waals surface area contributed by atoms with Gasteiger partial charge in [-0.3, -0.25) is 0 Å². The van der Waals surface area contributed by atoms with Crippen LogP contribution >= 0.6 is 0 Å². The zero-order valence-corrected chi connectivity index (χ0v) is 14.5. The second-order valence-corrected chi connectivity index (χ2v) is 7.66. The summed E-state index contributed by atoms with van der Waals surface area (Å²) < 4.78 is 6.02. The number of aryl methyl sites for hydroxylation is 1. The number of benzene rings is 2. The largest absolute Gasteiger partial charge is 0.508 e. The molecule has 1 aliphatic carbocycles. The SMILES string of the molecule is C[C@@H]1CCc2cc(OC(C)(C)C)ccc2[C@@H]1c1ccc(O)cc1. The van der Waals surface area contributed by atoms with Crippen LogP contribution in [-0.4, -0.2) is 10.7 Å². The quantitative estimate of drug-likeness (QED) is 0.817. The Bertz CT molecular complexity index is 680. The van der Waals surface area contributed by atoms with Gasteiger partial charge in [0.1, 0.15) is 17.1 Å². The van der Waals surface area contributed by atoms with E-state index in [1.807, 2.05) is 12.1 Å². The number of rotatable bonds is 2. The van der Waals surface area contributed by atoms with Gasteiger partial charge in [0.15, 0.2) is 0 Å². The van der Waals surface area contributed by atoms with Gasteiger partial charge < -0.3 is 9.84 Å². The van der Waals surface area contributed by atoms with Crippen molar-refractivity contribution in [3.05, 3.63) is 59.2 Å². The Labute approximate surface area is 139 Å². The van der Waals surface area contributed by atoms with E-state index in [1.54, 1.807) is 12.1 Å². The Kier molecular flexibility index (Phi) is 4.09. The zero-order valence-electron chi connectivity index (χ0n) is 14.5. The first-order chi connectivity index (χ1) is 10.8. The van der Waals surface area contributed by atoms with E-state index in [0.717, 1.165) is 12.2 Å². The van der Waals surface area contributed by atoms with Crippen LogP contribution in [0.25, 0.3) is 0 Å². The molecule has 0 saturated carbocycles. The molecule has 1 aliphatic rings. The zero-order chi connectivity index (χ0) is 16.6. The first kappa shape index (κ1) is 15.9. The van der Waals surface area contributed by atoms with Crippen molar-refractivity contribution in [2.45, 2.75) is 52.1 Å². The molecule has 0 unspecified atom stereocenters. The van der Waals surface area contributed by atoms with Gasteiger partial charge in [0.25, 0.3) is 0 Å². The topological polar surface area (TPSA) is 29.5 Å². The van der Waals surface area contributed by atoms with Crippen molar-refractivity contribution in [3.8, 4) is 11.5 Å². The number of phenols is 1. The van der Waals surface area contributed by atoms with Crippen LogP contribution in [0.1, 0.15) is 56.7 Å². The van der Waals surface area contributed by atoms with Crippen LogP contribution in [0.4, 0.5) is 0 Å². The Morgan fingerprint density at radius 3 is 2.39 bits per heavy atom. The molecule has 2 atom stereocenters. The predicted octanol–water partition coefficient (Wildman–Crippen LogP) is 5.28. The molecule has 0 spiro atoms. The molecule has 1 N–H and O–H groups in total. The second kappa shape index (κ2) is 5.92. The highest BCUT2D eigenvalue weighted by Crippen LogP contribution is 2.42. The van der Waals surface area contributed by atoms with Gasteiger partial charge in [0, 0.05) is 5.92 Å². The van der Waals surface area contributed by atoms with E-state index < -0.39 is 0 Å². The molecule has 0 heterocycles. The summed E-state index contributed by atoms with van der Waals surface area (Å²) in [6.07, 6.45) is 2.28. The molecule has 0 bridgehead atoms.